The Morgan fingerprint density at radius 3 is 2.78 bits per heavy atom. The van der Waals surface area contributed by atoms with Gasteiger partial charge in [0.1, 0.15) is 6.54 Å². The van der Waals surface area contributed by atoms with E-state index in [0.717, 1.165) is 10.1 Å². The molecule has 1 heterocycles. The Bertz CT molecular complexity index is 727. The molecular weight excluding hydrogens is 234 g/mol. The first-order valence-corrected chi connectivity index (χ1v) is 5.47. The topological polar surface area (TPSA) is 84.0 Å². The third kappa shape index (κ3) is 2.04. The minimum Gasteiger partial charge on any atom is -0.358 e. The van der Waals surface area contributed by atoms with E-state index < -0.39 is 17.2 Å². The van der Waals surface area contributed by atoms with E-state index in [1.54, 1.807) is 18.2 Å². The van der Waals surface area contributed by atoms with E-state index in [-0.39, 0.29) is 6.54 Å². The van der Waals surface area contributed by atoms with Crippen LogP contribution in [0, 0.1) is 6.92 Å². The summed E-state index contributed by atoms with van der Waals surface area (Å²) in [6, 6.07) is 5.17. The van der Waals surface area contributed by atoms with Crippen LogP contribution in [-0.2, 0) is 11.3 Å². The molecule has 1 aromatic heterocycles. The maximum absolute atomic E-state index is 12.1. The van der Waals surface area contributed by atoms with Gasteiger partial charge in [-0.1, -0.05) is 11.6 Å². The van der Waals surface area contributed by atoms with E-state index >= 15 is 0 Å². The second kappa shape index (κ2) is 4.48. The van der Waals surface area contributed by atoms with E-state index in [9.17, 15) is 14.4 Å². The fourth-order valence-electron chi connectivity index (χ4n) is 1.73. The lowest BCUT2D eigenvalue weighted by molar-refractivity contribution is -0.121. The number of nitrogens with zero attached hydrogens (tertiary/aromatic N) is 1. The normalized spacial score (nSPS) is 10.6. The van der Waals surface area contributed by atoms with Crippen molar-refractivity contribution in [2.75, 3.05) is 7.05 Å². The van der Waals surface area contributed by atoms with Gasteiger partial charge in [-0.15, -0.1) is 0 Å². The molecule has 1 amide bonds. The molecule has 0 saturated heterocycles. The van der Waals surface area contributed by atoms with Gasteiger partial charge in [-0.05, 0) is 19.1 Å². The fraction of sp³-hybridized carbons (Fsp3) is 0.250. The SMILES string of the molecule is CNC(=O)Cn1c(=O)[nH]c2ccc(C)cc2c1=O. The van der Waals surface area contributed by atoms with E-state index in [4.69, 9.17) is 0 Å². The number of nitrogens with one attached hydrogen (secondary N) is 2. The van der Waals surface area contributed by atoms with Crippen LogP contribution in [-0.4, -0.2) is 22.5 Å². The van der Waals surface area contributed by atoms with Crippen molar-refractivity contribution in [2.24, 2.45) is 0 Å². The van der Waals surface area contributed by atoms with Crippen molar-refractivity contribution in [3.63, 3.8) is 0 Å². The average Bonchev–Trinajstić information content (AvgIpc) is 2.35. The second-order valence-corrected chi connectivity index (χ2v) is 4.04. The predicted octanol–water partition coefficient (Wildman–Crippen LogP) is -0.256. The Hall–Kier alpha value is -2.37. The number of amides is 1. The molecule has 6 nitrogen and oxygen atoms in total. The van der Waals surface area contributed by atoms with E-state index in [1.807, 2.05) is 6.92 Å². The van der Waals surface area contributed by atoms with Crippen molar-refractivity contribution < 1.29 is 4.79 Å². The molecule has 0 spiro atoms. The van der Waals surface area contributed by atoms with Crippen LogP contribution < -0.4 is 16.6 Å². The highest BCUT2D eigenvalue weighted by molar-refractivity contribution is 5.79. The zero-order valence-electron chi connectivity index (χ0n) is 10.1. The summed E-state index contributed by atoms with van der Waals surface area (Å²) in [6.07, 6.45) is 0. The Morgan fingerprint density at radius 1 is 1.39 bits per heavy atom. The Morgan fingerprint density at radius 2 is 2.11 bits per heavy atom. The van der Waals surface area contributed by atoms with Crippen molar-refractivity contribution in [2.45, 2.75) is 13.5 Å². The van der Waals surface area contributed by atoms with Gasteiger partial charge in [0, 0.05) is 7.05 Å². The molecule has 18 heavy (non-hydrogen) atoms. The number of aromatic nitrogens is 2. The number of fused-ring (bicyclic) bond motifs is 1. The summed E-state index contributed by atoms with van der Waals surface area (Å²) in [5.41, 5.74) is 0.350. The van der Waals surface area contributed by atoms with Crippen LogP contribution in [0.4, 0.5) is 0 Å². The standard InChI is InChI=1S/C12H13N3O3/c1-7-3-4-9-8(5-7)11(17)15(12(18)14-9)6-10(16)13-2/h3-5H,6H2,1-2H3,(H,13,16)(H,14,18). The summed E-state index contributed by atoms with van der Waals surface area (Å²) in [5.74, 6) is -0.394. The van der Waals surface area contributed by atoms with Gasteiger partial charge < -0.3 is 10.3 Å². The molecule has 0 aliphatic carbocycles. The second-order valence-electron chi connectivity index (χ2n) is 4.04. The van der Waals surface area contributed by atoms with Crippen molar-refractivity contribution in [1.29, 1.82) is 0 Å². The van der Waals surface area contributed by atoms with Gasteiger partial charge in [0.05, 0.1) is 10.9 Å². The molecule has 1 aromatic carbocycles. The molecular formula is C12H13N3O3. The molecule has 0 unspecified atom stereocenters. The molecule has 0 aliphatic heterocycles. The van der Waals surface area contributed by atoms with Gasteiger partial charge in [-0.3, -0.25) is 14.2 Å². The van der Waals surface area contributed by atoms with E-state index in [2.05, 4.69) is 10.3 Å². The van der Waals surface area contributed by atoms with Crippen LogP contribution in [0.1, 0.15) is 5.56 Å². The maximum atomic E-state index is 12.1. The van der Waals surface area contributed by atoms with Gasteiger partial charge in [0.15, 0.2) is 0 Å². The Balaban J connectivity index is 2.71. The first-order chi connectivity index (χ1) is 8.52. The molecule has 0 atom stereocenters. The zero-order chi connectivity index (χ0) is 13.3. The highest BCUT2D eigenvalue weighted by Crippen LogP contribution is 2.07. The fourth-order valence-corrected chi connectivity index (χ4v) is 1.73. The first kappa shape index (κ1) is 12.1. The number of H-pyrrole nitrogens is 1. The van der Waals surface area contributed by atoms with Crippen LogP contribution >= 0.6 is 0 Å². The van der Waals surface area contributed by atoms with Gasteiger partial charge in [-0.2, -0.15) is 0 Å². The van der Waals surface area contributed by atoms with E-state index in [0.29, 0.717) is 10.9 Å². The predicted molar refractivity (Wildman–Crippen MR) is 67.6 cm³/mol. The zero-order valence-corrected chi connectivity index (χ0v) is 10.1. The lowest BCUT2D eigenvalue weighted by Crippen LogP contribution is -2.39. The minimum atomic E-state index is -0.583. The Labute approximate surface area is 102 Å². The molecule has 6 heteroatoms. The monoisotopic (exact) mass is 247 g/mol. The lowest BCUT2D eigenvalue weighted by atomic mass is 10.2. The first-order valence-electron chi connectivity index (χ1n) is 5.47. The van der Waals surface area contributed by atoms with Gasteiger partial charge in [-0.25, -0.2) is 4.79 Å². The summed E-state index contributed by atoms with van der Waals surface area (Å²) in [7, 11) is 1.45. The average molecular weight is 247 g/mol. The summed E-state index contributed by atoms with van der Waals surface area (Å²) in [4.78, 5) is 37.7. The number of aryl methyl sites for hydroxylation is 1. The molecule has 94 valence electrons. The summed E-state index contributed by atoms with van der Waals surface area (Å²) in [6.45, 7) is 1.57. The number of aromatic amines is 1. The number of carbonyl (C=O) groups excluding carboxylic acids is 1. The molecule has 0 aliphatic rings. The molecule has 2 rings (SSSR count). The van der Waals surface area contributed by atoms with Crippen LogP contribution in [0.25, 0.3) is 10.9 Å². The third-order valence-electron chi connectivity index (χ3n) is 2.72. The summed E-state index contributed by atoms with van der Waals surface area (Å²) in [5, 5.41) is 2.78. The van der Waals surface area contributed by atoms with Crippen LogP contribution in [0.5, 0.6) is 0 Å². The van der Waals surface area contributed by atoms with E-state index in [1.165, 1.54) is 7.05 Å². The molecule has 0 radical (unpaired) electrons. The number of rotatable bonds is 2. The van der Waals surface area contributed by atoms with Crippen LogP contribution in [0.15, 0.2) is 27.8 Å². The number of hydrogen-bond donors (Lipinski definition) is 2. The van der Waals surface area contributed by atoms with Gasteiger partial charge in [0.2, 0.25) is 5.91 Å². The quantitative estimate of drug-likeness (QED) is 0.767. The third-order valence-corrected chi connectivity index (χ3v) is 2.72. The minimum absolute atomic E-state index is 0.283. The van der Waals surface area contributed by atoms with Gasteiger partial charge in [0.25, 0.3) is 5.56 Å². The van der Waals surface area contributed by atoms with Crippen LogP contribution in [0.2, 0.25) is 0 Å². The van der Waals surface area contributed by atoms with Crippen molar-refractivity contribution in [3.05, 3.63) is 44.6 Å². The van der Waals surface area contributed by atoms with Crippen molar-refractivity contribution >= 4 is 16.8 Å². The largest absolute Gasteiger partial charge is 0.358 e. The number of carbonyl (C=O) groups is 1. The maximum Gasteiger partial charge on any atom is 0.329 e. The summed E-state index contributed by atoms with van der Waals surface area (Å²) >= 11 is 0. The number of benzene rings is 1. The van der Waals surface area contributed by atoms with Crippen LogP contribution in [0.3, 0.4) is 0 Å². The van der Waals surface area contributed by atoms with Crippen molar-refractivity contribution in [3.8, 4) is 0 Å². The molecule has 0 saturated carbocycles. The highest BCUT2D eigenvalue weighted by atomic mass is 16.2. The molecule has 0 bridgehead atoms. The smallest absolute Gasteiger partial charge is 0.329 e. The number of likely N-dealkylation sites (N-methyl/N-ethyl adjacent to an activating group) is 1. The molecule has 0 fully saturated rings. The van der Waals surface area contributed by atoms with Gasteiger partial charge >= 0.3 is 5.69 Å². The number of hydrogen-bond acceptors (Lipinski definition) is 3. The summed E-state index contributed by atoms with van der Waals surface area (Å²) < 4.78 is 0.889. The highest BCUT2D eigenvalue weighted by Gasteiger charge is 2.10. The van der Waals surface area contributed by atoms with Crippen molar-refractivity contribution in [1.82, 2.24) is 14.9 Å². The lowest BCUT2D eigenvalue weighted by Gasteiger charge is -2.05. The Kier molecular flexibility index (Phi) is 3.01. The molecule has 2 N–H and O–H groups in total. The molecule has 2 aromatic rings.